The molecular weight excluding hydrogens is 372 g/mol. The normalized spacial score (nSPS) is 14.2. The van der Waals surface area contributed by atoms with E-state index in [1.165, 1.54) is 0 Å². The second-order valence-electron chi connectivity index (χ2n) is 6.85. The van der Waals surface area contributed by atoms with Crippen LogP contribution in [0.4, 0.5) is 11.5 Å². The molecule has 1 aromatic heterocycles. The number of carbonyl (C=O) groups excluding carboxylic acids is 1. The third kappa shape index (κ3) is 3.99. The predicted octanol–water partition coefficient (Wildman–Crippen LogP) is 4.33. The van der Waals surface area contributed by atoms with Crippen LogP contribution in [-0.2, 0) is 0 Å². The first kappa shape index (κ1) is 18.4. The average molecular weight is 393 g/mol. The summed E-state index contributed by atoms with van der Waals surface area (Å²) < 4.78 is 0. The van der Waals surface area contributed by atoms with Crippen LogP contribution >= 0.6 is 11.6 Å². The minimum absolute atomic E-state index is 0.0592. The number of ketones is 1. The van der Waals surface area contributed by atoms with Crippen LogP contribution in [0.3, 0.4) is 0 Å². The van der Waals surface area contributed by atoms with Gasteiger partial charge in [0.05, 0.1) is 18.1 Å². The van der Waals surface area contributed by atoms with Crippen molar-refractivity contribution in [3.8, 4) is 11.3 Å². The summed E-state index contributed by atoms with van der Waals surface area (Å²) in [6.07, 6.45) is 3.57. The number of hydrogen-bond donors (Lipinski definition) is 0. The van der Waals surface area contributed by atoms with Gasteiger partial charge in [0.15, 0.2) is 5.78 Å². The van der Waals surface area contributed by atoms with Crippen LogP contribution in [0.25, 0.3) is 11.3 Å². The maximum Gasteiger partial charge on any atom is 0.159 e. The molecule has 1 saturated heterocycles. The number of halogens is 1. The van der Waals surface area contributed by atoms with Crippen molar-refractivity contribution in [2.75, 3.05) is 36.0 Å². The van der Waals surface area contributed by atoms with Crippen molar-refractivity contribution >= 4 is 28.9 Å². The van der Waals surface area contributed by atoms with E-state index < -0.39 is 0 Å². The lowest BCUT2D eigenvalue weighted by molar-refractivity contribution is 0.101. The highest BCUT2D eigenvalue weighted by atomic mass is 35.5. The first-order valence-corrected chi connectivity index (χ1v) is 9.67. The third-order valence-electron chi connectivity index (χ3n) is 4.99. The number of rotatable bonds is 4. The molecule has 0 saturated carbocycles. The average Bonchev–Trinajstić information content (AvgIpc) is 2.74. The summed E-state index contributed by atoms with van der Waals surface area (Å²) in [6.45, 7) is 5.11. The van der Waals surface area contributed by atoms with Crippen molar-refractivity contribution in [1.82, 2.24) is 9.97 Å². The van der Waals surface area contributed by atoms with Crippen LogP contribution in [0.5, 0.6) is 0 Å². The van der Waals surface area contributed by atoms with Gasteiger partial charge in [0.1, 0.15) is 5.82 Å². The van der Waals surface area contributed by atoms with E-state index in [1.54, 1.807) is 13.1 Å². The molecule has 2 heterocycles. The van der Waals surface area contributed by atoms with Gasteiger partial charge in [0.25, 0.3) is 0 Å². The monoisotopic (exact) mass is 392 g/mol. The van der Waals surface area contributed by atoms with Crippen LogP contribution in [0.1, 0.15) is 17.3 Å². The second-order valence-corrected chi connectivity index (χ2v) is 7.29. The van der Waals surface area contributed by atoms with Crippen molar-refractivity contribution in [3.05, 3.63) is 71.5 Å². The van der Waals surface area contributed by atoms with Gasteiger partial charge < -0.3 is 9.80 Å². The van der Waals surface area contributed by atoms with E-state index in [4.69, 9.17) is 16.6 Å². The second kappa shape index (κ2) is 7.98. The standard InChI is InChI=1S/C22H21ClN4O/c1-16(28)17-5-7-18(8-6-17)21-14-24-15-22(25-21)27-11-9-26(10-12-27)20-4-2-3-19(23)13-20/h2-8,13-15H,9-12H2,1H3. The van der Waals surface area contributed by atoms with Gasteiger partial charge in [-0.1, -0.05) is 41.9 Å². The van der Waals surface area contributed by atoms with Gasteiger partial charge in [0.2, 0.25) is 0 Å². The molecule has 5 nitrogen and oxygen atoms in total. The number of Topliss-reactive ketones (excluding diaryl/α,β-unsaturated/α-hetero) is 1. The lowest BCUT2D eigenvalue weighted by Gasteiger charge is -2.36. The van der Waals surface area contributed by atoms with Crippen LogP contribution in [0.15, 0.2) is 60.9 Å². The topological polar surface area (TPSA) is 49.3 Å². The summed E-state index contributed by atoms with van der Waals surface area (Å²) in [6, 6.07) is 15.5. The zero-order chi connectivity index (χ0) is 19.5. The highest BCUT2D eigenvalue weighted by Gasteiger charge is 2.19. The number of benzene rings is 2. The van der Waals surface area contributed by atoms with Crippen LogP contribution in [0.2, 0.25) is 5.02 Å². The maximum atomic E-state index is 11.5. The number of anilines is 2. The van der Waals surface area contributed by atoms with E-state index in [9.17, 15) is 4.79 Å². The van der Waals surface area contributed by atoms with Crippen molar-refractivity contribution < 1.29 is 4.79 Å². The SMILES string of the molecule is CC(=O)c1ccc(-c2cncc(N3CCN(c4cccc(Cl)c4)CC3)n2)cc1. The predicted molar refractivity (Wildman–Crippen MR) is 113 cm³/mol. The number of carbonyl (C=O) groups is 1. The summed E-state index contributed by atoms with van der Waals surface area (Å²) in [5.74, 6) is 0.933. The molecule has 1 fully saturated rings. The maximum absolute atomic E-state index is 11.5. The number of hydrogen-bond acceptors (Lipinski definition) is 5. The molecule has 142 valence electrons. The molecule has 1 aliphatic rings. The van der Waals surface area contributed by atoms with Crippen LogP contribution in [0, 0.1) is 0 Å². The zero-order valence-electron chi connectivity index (χ0n) is 15.7. The highest BCUT2D eigenvalue weighted by molar-refractivity contribution is 6.30. The van der Waals surface area contributed by atoms with Crippen molar-refractivity contribution in [2.45, 2.75) is 6.92 Å². The first-order valence-electron chi connectivity index (χ1n) is 9.29. The van der Waals surface area contributed by atoms with E-state index in [1.807, 2.05) is 48.7 Å². The Morgan fingerprint density at radius 2 is 1.68 bits per heavy atom. The molecule has 0 aliphatic carbocycles. The summed E-state index contributed by atoms with van der Waals surface area (Å²) in [4.78, 5) is 25.2. The van der Waals surface area contributed by atoms with Gasteiger partial charge in [-0.25, -0.2) is 4.98 Å². The fourth-order valence-electron chi connectivity index (χ4n) is 3.39. The summed E-state index contributed by atoms with van der Waals surface area (Å²) >= 11 is 6.12. The molecule has 3 aromatic rings. The lowest BCUT2D eigenvalue weighted by atomic mass is 10.1. The van der Waals surface area contributed by atoms with Gasteiger partial charge in [-0.15, -0.1) is 0 Å². The van der Waals surface area contributed by atoms with Crippen molar-refractivity contribution in [3.63, 3.8) is 0 Å². The summed E-state index contributed by atoms with van der Waals surface area (Å²) in [5.41, 5.74) is 3.62. The van der Waals surface area contributed by atoms with Crippen molar-refractivity contribution in [2.24, 2.45) is 0 Å². The Bertz CT molecular complexity index is 982. The van der Waals surface area contributed by atoms with Gasteiger partial charge in [-0.3, -0.25) is 9.78 Å². The van der Waals surface area contributed by atoms with E-state index in [-0.39, 0.29) is 5.78 Å². The van der Waals surface area contributed by atoms with E-state index in [0.717, 1.165) is 54.0 Å². The molecule has 4 rings (SSSR count). The van der Waals surface area contributed by atoms with Gasteiger partial charge in [-0.05, 0) is 25.1 Å². The van der Waals surface area contributed by atoms with Gasteiger partial charge >= 0.3 is 0 Å². The van der Waals surface area contributed by atoms with Gasteiger partial charge in [0, 0.05) is 48.0 Å². The van der Waals surface area contributed by atoms with Crippen LogP contribution < -0.4 is 9.80 Å². The molecule has 0 bridgehead atoms. The Labute approximate surface area is 169 Å². The third-order valence-corrected chi connectivity index (χ3v) is 5.22. The highest BCUT2D eigenvalue weighted by Crippen LogP contribution is 2.24. The molecule has 2 aromatic carbocycles. The number of piperazine rings is 1. The molecule has 0 atom stereocenters. The zero-order valence-corrected chi connectivity index (χ0v) is 16.4. The minimum atomic E-state index is 0.0592. The molecule has 6 heteroatoms. The summed E-state index contributed by atoms with van der Waals surface area (Å²) in [5, 5.41) is 0.759. The Morgan fingerprint density at radius 3 is 2.36 bits per heavy atom. The summed E-state index contributed by atoms with van der Waals surface area (Å²) in [7, 11) is 0. The van der Waals surface area contributed by atoms with E-state index in [2.05, 4.69) is 20.9 Å². The largest absolute Gasteiger partial charge is 0.368 e. The number of nitrogens with zero attached hydrogens (tertiary/aromatic N) is 4. The lowest BCUT2D eigenvalue weighted by Crippen LogP contribution is -2.46. The molecule has 0 N–H and O–H groups in total. The molecule has 1 aliphatic heterocycles. The molecule has 0 radical (unpaired) electrons. The molecular formula is C22H21ClN4O. The minimum Gasteiger partial charge on any atom is -0.368 e. The van der Waals surface area contributed by atoms with E-state index in [0.29, 0.717) is 5.56 Å². The van der Waals surface area contributed by atoms with E-state index >= 15 is 0 Å². The quantitative estimate of drug-likeness (QED) is 0.618. The molecule has 0 spiro atoms. The molecule has 0 amide bonds. The van der Waals surface area contributed by atoms with Crippen LogP contribution in [-0.4, -0.2) is 41.9 Å². The first-order chi connectivity index (χ1) is 13.6. The Morgan fingerprint density at radius 1 is 0.964 bits per heavy atom. The Kier molecular flexibility index (Phi) is 5.26. The fraction of sp³-hybridized carbons (Fsp3) is 0.227. The molecule has 28 heavy (non-hydrogen) atoms. The van der Waals surface area contributed by atoms with Gasteiger partial charge in [-0.2, -0.15) is 0 Å². The Hall–Kier alpha value is -2.92. The Balaban J connectivity index is 1.47. The fourth-order valence-corrected chi connectivity index (χ4v) is 3.57. The molecule has 0 unspecified atom stereocenters. The number of aromatic nitrogens is 2. The van der Waals surface area contributed by atoms with Crippen molar-refractivity contribution in [1.29, 1.82) is 0 Å². The smallest absolute Gasteiger partial charge is 0.159 e.